The fourth-order valence-electron chi connectivity index (χ4n) is 10.1. The smallest absolute Gasteiger partial charge is 0.315 e. The largest absolute Gasteiger partial charge is 0.456 e. The molecule has 0 saturated carbocycles. The Balaban J connectivity index is 1.35. The molecule has 0 aliphatic carbocycles. The van der Waals surface area contributed by atoms with E-state index in [-0.39, 0.29) is 0 Å². The molecule has 48 heavy (non-hydrogen) atoms. The summed E-state index contributed by atoms with van der Waals surface area (Å²) in [5.74, 6) is 1.86. The van der Waals surface area contributed by atoms with Gasteiger partial charge in [-0.25, -0.2) is 0 Å². The Labute approximate surface area is 273 Å². The number of aryl methyl sites for hydroxylation is 2. The van der Waals surface area contributed by atoms with Crippen LogP contribution < -0.4 is 13.9 Å². The molecule has 1 atom stereocenters. The summed E-state index contributed by atoms with van der Waals surface area (Å²) in [6.07, 6.45) is 7.00. The van der Waals surface area contributed by atoms with Crippen LogP contribution in [0.5, 0.6) is 11.5 Å². The van der Waals surface area contributed by atoms with Crippen molar-refractivity contribution in [3.63, 3.8) is 0 Å². The molecule has 222 valence electrons. The molecule has 0 N–H and O–H groups in total. The maximum atomic E-state index is 6.97. The first kappa shape index (κ1) is 24.0. The minimum atomic E-state index is -0.647. The van der Waals surface area contributed by atoms with Crippen LogP contribution in [0.4, 0.5) is 0 Å². The highest BCUT2D eigenvalue weighted by atomic mass is 16.5. The minimum absolute atomic E-state index is 0.647. The van der Waals surface area contributed by atoms with E-state index < -0.39 is 5.66 Å². The number of hydrogen-bond acceptors (Lipinski definition) is 1. The summed E-state index contributed by atoms with van der Waals surface area (Å²) in [5, 5.41) is 10.1. The maximum Gasteiger partial charge on any atom is 0.315 e. The Morgan fingerprint density at radius 3 is 2.15 bits per heavy atom. The van der Waals surface area contributed by atoms with Gasteiger partial charge < -0.3 is 4.74 Å². The number of nitrogens with zero attached hydrogens (tertiary/aromatic N) is 4. The first-order chi connectivity index (χ1) is 23.7. The molecule has 1 unspecified atom stereocenters. The van der Waals surface area contributed by atoms with Gasteiger partial charge in [0.05, 0.1) is 10.8 Å². The fraction of sp³-hybridized carbons (Fsp3) is 0.0698. The molecule has 1 spiro atoms. The molecular formula is C43H26N4O+2. The molecule has 0 saturated heterocycles. The van der Waals surface area contributed by atoms with Gasteiger partial charge in [-0.1, -0.05) is 66.7 Å². The van der Waals surface area contributed by atoms with E-state index in [1.54, 1.807) is 0 Å². The Morgan fingerprint density at radius 1 is 0.583 bits per heavy atom. The van der Waals surface area contributed by atoms with Gasteiger partial charge in [0.2, 0.25) is 0 Å². The van der Waals surface area contributed by atoms with Crippen LogP contribution in [0.1, 0.15) is 22.3 Å². The Morgan fingerprint density at radius 2 is 1.31 bits per heavy atom. The van der Waals surface area contributed by atoms with Crippen LogP contribution in [-0.4, -0.2) is 8.80 Å². The van der Waals surface area contributed by atoms with Crippen LogP contribution in [0.15, 0.2) is 122 Å². The summed E-state index contributed by atoms with van der Waals surface area (Å²) in [6, 6.07) is 37.9. The zero-order chi connectivity index (χ0) is 31.2. The molecule has 6 aromatic carbocycles. The van der Waals surface area contributed by atoms with Gasteiger partial charge in [0, 0.05) is 27.1 Å². The lowest BCUT2D eigenvalue weighted by Gasteiger charge is -2.30. The lowest BCUT2D eigenvalue weighted by Crippen LogP contribution is -2.71. The number of imidazole rings is 2. The molecule has 4 aromatic heterocycles. The van der Waals surface area contributed by atoms with E-state index in [1.165, 1.54) is 98.9 Å². The Bertz CT molecular complexity index is 3220. The molecule has 13 rings (SSSR count). The van der Waals surface area contributed by atoms with Gasteiger partial charge in [-0.05, 0) is 72.1 Å². The Kier molecular flexibility index (Phi) is 3.76. The third kappa shape index (κ3) is 2.29. The minimum Gasteiger partial charge on any atom is -0.456 e. The van der Waals surface area contributed by atoms with Crippen molar-refractivity contribution in [2.45, 2.75) is 19.5 Å². The van der Waals surface area contributed by atoms with Gasteiger partial charge in [0.15, 0.2) is 5.69 Å². The molecule has 3 aliphatic heterocycles. The topological polar surface area (TPSA) is 25.8 Å². The summed E-state index contributed by atoms with van der Waals surface area (Å²) >= 11 is 0. The van der Waals surface area contributed by atoms with E-state index in [4.69, 9.17) is 4.74 Å². The summed E-state index contributed by atoms with van der Waals surface area (Å²) in [7, 11) is 0. The number of hydrogen-bond donors (Lipinski definition) is 0. The number of ether oxygens (including phenoxy) is 1. The zero-order valence-corrected chi connectivity index (χ0v) is 26.2. The molecule has 0 radical (unpaired) electrons. The van der Waals surface area contributed by atoms with Crippen LogP contribution in [0, 0.1) is 13.8 Å². The van der Waals surface area contributed by atoms with Crippen LogP contribution in [0.2, 0.25) is 0 Å². The van der Waals surface area contributed by atoms with Crippen molar-refractivity contribution in [1.29, 1.82) is 0 Å². The first-order valence-corrected chi connectivity index (χ1v) is 16.7. The van der Waals surface area contributed by atoms with E-state index >= 15 is 0 Å². The van der Waals surface area contributed by atoms with Crippen molar-refractivity contribution in [2.24, 2.45) is 0 Å². The third-order valence-corrected chi connectivity index (χ3v) is 11.8. The first-order valence-electron chi connectivity index (χ1n) is 16.7. The van der Waals surface area contributed by atoms with E-state index in [9.17, 15) is 0 Å². The van der Waals surface area contributed by atoms with Crippen molar-refractivity contribution in [2.75, 3.05) is 0 Å². The lowest BCUT2D eigenvalue weighted by atomic mass is 9.84. The number of benzene rings is 6. The summed E-state index contributed by atoms with van der Waals surface area (Å²) in [4.78, 5) is 0. The number of pyridine rings is 2. The van der Waals surface area contributed by atoms with Gasteiger partial charge in [-0.15, -0.1) is 0 Å². The SMILES string of the molecule is Cc1cccc(C)c1-c1c[n+]2c3c4c5c(ccc4c4c6ccccc6ccc4n13)Oc1ccc3c4ccccc4n4cc[n+]6c4c3c1C562. The predicted molar refractivity (Wildman–Crippen MR) is 189 cm³/mol. The second kappa shape index (κ2) is 7.50. The summed E-state index contributed by atoms with van der Waals surface area (Å²) in [5.41, 5.74) is 11.7. The van der Waals surface area contributed by atoms with Crippen molar-refractivity contribution in [3.05, 3.63) is 144 Å². The van der Waals surface area contributed by atoms with E-state index in [1.807, 2.05) is 0 Å². The van der Waals surface area contributed by atoms with Gasteiger partial charge >= 0.3 is 5.66 Å². The van der Waals surface area contributed by atoms with Crippen LogP contribution in [-0.2, 0) is 5.66 Å². The number of fused-ring (bicyclic) bond motifs is 8. The quantitative estimate of drug-likeness (QED) is 0.134. The lowest BCUT2D eigenvalue weighted by molar-refractivity contribution is -0.944. The summed E-state index contributed by atoms with van der Waals surface area (Å²) < 4.78 is 17.0. The van der Waals surface area contributed by atoms with E-state index in [0.29, 0.717) is 0 Å². The molecule has 0 fully saturated rings. The van der Waals surface area contributed by atoms with Crippen LogP contribution >= 0.6 is 0 Å². The monoisotopic (exact) mass is 614 g/mol. The standard InChI is InChI=1S/C43H26N4O/c1-23-8-7-9-24(2)35(23)32-22-46-42-38-29(36-26-11-4-3-10-25(26)14-17-31(36)47(32)42)16-19-34-40(38)43(46)39-33(48-34)18-15-28-27-12-5-6-13-30(27)44-20-21-45(43)41(44)37(28)39/h3-22H,1-2H3/q+2. The molecule has 10 aromatic rings. The highest BCUT2D eigenvalue weighted by Crippen LogP contribution is 2.58. The second-order valence-corrected chi connectivity index (χ2v) is 13.9. The average Bonchev–Trinajstić information content (AvgIpc) is 3.87. The normalized spacial score (nSPS) is 16.8. The average molecular weight is 615 g/mol. The molecule has 5 nitrogen and oxygen atoms in total. The van der Waals surface area contributed by atoms with Crippen LogP contribution in [0.25, 0.3) is 76.7 Å². The third-order valence-electron chi connectivity index (χ3n) is 11.8. The van der Waals surface area contributed by atoms with Gasteiger partial charge in [0.25, 0.3) is 11.3 Å². The second-order valence-electron chi connectivity index (χ2n) is 13.9. The van der Waals surface area contributed by atoms with E-state index in [0.717, 1.165) is 11.5 Å². The van der Waals surface area contributed by atoms with Crippen molar-refractivity contribution < 1.29 is 13.9 Å². The number of aromatic nitrogens is 4. The van der Waals surface area contributed by atoms with Gasteiger partial charge in [0.1, 0.15) is 52.2 Å². The van der Waals surface area contributed by atoms with Crippen molar-refractivity contribution >= 4 is 65.4 Å². The predicted octanol–water partition coefficient (Wildman–Crippen LogP) is 8.85. The molecule has 0 bridgehead atoms. The Hall–Kier alpha value is -6.20. The van der Waals surface area contributed by atoms with Crippen molar-refractivity contribution in [1.82, 2.24) is 8.80 Å². The van der Waals surface area contributed by atoms with Gasteiger partial charge in [-0.3, -0.25) is 0 Å². The van der Waals surface area contributed by atoms with Gasteiger partial charge in [-0.2, -0.15) is 17.9 Å². The number of para-hydroxylation sites is 1. The summed E-state index contributed by atoms with van der Waals surface area (Å²) in [6.45, 7) is 4.49. The molecular weight excluding hydrogens is 589 g/mol. The molecule has 5 heteroatoms. The fourth-order valence-corrected chi connectivity index (χ4v) is 10.1. The van der Waals surface area contributed by atoms with E-state index in [2.05, 4.69) is 154 Å². The molecule has 7 heterocycles. The molecule has 0 amide bonds. The maximum absolute atomic E-state index is 6.97. The highest BCUT2D eigenvalue weighted by molar-refractivity contribution is 6.24. The van der Waals surface area contributed by atoms with Crippen LogP contribution in [0.3, 0.4) is 0 Å². The van der Waals surface area contributed by atoms with Crippen molar-refractivity contribution in [3.8, 4) is 22.8 Å². The highest BCUT2D eigenvalue weighted by Gasteiger charge is 2.65. The molecule has 3 aliphatic rings. The number of rotatable bonds is 1. The zero-order valence-electron chi connectivity index (χ0n) is 26.2.